The summed E-state index contributed by atoms with van der Waals surface area (Å²) in [6.07, 6.45) is -3.47. The van der Waals surface area contributed by atoms with Gasteiger partial charge in [-0.25, -0.2) is 9.37 Å². The normalized spacial score (nSPS) is 16.4. The van der Waals surface area contributed by atoms with Gasteiger partial charge in [0.05, 0.1) is 11.3 Å². The monoisotopic (exact) mass is 683 g/mol. The Hall–Kier alpha value is -5.31. The van der Waals surface area contributed by atoms with Gasteiger partial charge in [0.1, 0.15) is 46.5 Å². The summed E-state index contributed by atoms with van der Waals surface area (Å²) in [4.78, 5) is 46.5. The predicted molar refractivity (Wildman–Crippen MR) is 169 cm³/mol. The summed E-state index contributed by atoms with van der Waals surface area (Å²) in [6.45, 7) is 2.59. The molecule has 0 radical (unpaired) electrons. The lowest BCUT2D eigenvalue weighted by Gasteiger charge is -2.26. The van der Waals surface area contributed by atoms with E-state index in [9.17, 15) is 37.1 Å². The van der Waals surface area contributed by atoms with E-state index >= 15 is 0 Å². The molecule has 3 heterocycles. The van der Waals surface area contributed by atoms with Crippen LogP contribution < -0.4 is 25.8 Å². The van der Waals surface area contributed by atoms with E-state index in [0.717, 1.165) is 18.2 Å². The molecule has 15 heteroatoms. The maximum atomic E-state index is 14.8. The zero-order chi connectivity index (χ0) is 35.7. The van der Waals surface area contributed by atoms with Crippen molar-refractivity contribution >= 4 is 28.6 Å². The average Bonchev–Trinajstić information content (AvgIpc) is 3.38. The molecule has 49 heavy (non-hydrogen) atoms. The average molecular weight is 684 g/mol. The van der Waals surface area contributed by atoms with Gasteiger partial charge in [-0.3, -0.25) is 19.4 Å². The first-order valence-corrected chi connectivity index (χ1v) is 15.1. The number of nitrogens with one attached hydrogen (secondary N) is 2. The second kappa shape index (κ2) is 13.3. The number of carbonyl (C=O) groups excluding carboxylic acids is 3. The van der Waals surface area contributed by atoms with Crippen molar-refractivity contribution in [2.24, 2.45) is 5.73 Å². The molecule has 1 aliphatic rings. The molecule has 5 rings (SSSR count). The minimum absolute atomic E-state index is 0.0285. The van der Waals surface area contributed by atoms with Crippen LogP contribution >= 0.6 is 0 Å². The molecule has 11 nitrogen and oxygen atoms in total. The van der Waals surface area contributed by atoms with Crippen LogP contribution in [0.5, 0.6) is 11.5 Å². The largest absolute Gasteiger partial charge is 0.489 e. The van der Waals surface area contributed by atoms with Crippen molar-refractivity contribution in [3.05, 3.63) is 83.4 Å². The summed E-state index contributed by atoms with van der Waals surface area (Å²) < 4.78 is 69.5. The predicted octanol–water partition coefficient (Wildman–Crippen LogP) is 3.91. The number of nitrogens with two attached hydrogens (primary N) is 1. The second-order valence-corrected chi connectivity index (χ2v) is 12.5. The highest BCUT2D eigenvalue weighted by atomic mass is 19.4. The van der Waals surface area contributed by atoms with E-state index < -0.39 is 65.5 Å². The summed E-state index contributed by atoms with van der Waals surface area (Å²) in [7, 11) is 0. The quantitative estimate of drug-likeness (QED) is 0.173. The third-order valence-corrected chi connectivity index (χ3v) is 7.91. The van der Waals surface area contributed by atoms with Gasteiger partial charge >= 0.3 is 6.18 Å². The van der Waals surface area contributed by atoms with E-state index in [0.29, 0.717) is 10.9 Å². The van der Waals surface area contributed by atoms with Crippen molar-refractivity contribution < 1.29 is 46.5 Å². The van der Waals surface area contributed by atoms with Crippen LogP contribution in [0.3, 0.4) is 0 Å². The molecule has 5 N–H and O–H groups in total. The fraction of sp³-hybridized carbons (Fsp3) is 0.324. The SMILES string of the molecule is CC(C)(O)CNC(=O)[C@@]1(C)COc2c1cc([C@@H](CNC(=O)c1cc(OCC(N)=O)c3ncccc3c1)C(F)(F)F)nc2-c1ccc(F)cc1. The van der Waals surface area contributed by atoms with Crippen LogP contribution in [-0.4, -0.2) is 70.9 Å². The molecule has 4 aromatic rings. The van der Waals surface area contributed by atoms with Crippen LogP contribution in [0.25, 0.3) is 22.2 Å². The first kappa shape index (κ1) is 35.0. The fourth-order valence-corrected chi connectivity index (χ4v) is 5.30. The summed E-state index contributed by atoms with van der Waals surface area (Å²) in [5, 5.41) is 15.5. The van der Waals surface area contributed by atoms with Crippen LogP contribution in [0, 0.1) is 5.82 Å². The molecular weight excluding hydrogens is 650 g/mol. The van der Waals surface area contributed by atoms with Gasteiger partial charge in [0.25, 0.3) is 11.8 Å². The molecule has 1 aliphatic heterocycles. The molecule has 2 aromatic carbocycles. The van der Waals surface area contributed by atoms with Crippen LogP contribution in [0.4, 0.5) is 17.6 Å². The van der Waals surface area contributed by atoms with Crippen molar-refractivity contribution in [3.8, 4) is 22.8 Å². The lowest BCUT2D eigenvalue weighted by atomic mass is 9.82. The number of fused-ring (bicyclic) bond motifs is 2. The van der Waals surface area contributed by atoms with E-state index in [-0.39, 0.29) is 47.0 Å². The Balaban J connectivity index is 1.53. The molecule has 2 atom stereocenters. The lowest BCUT2D eigenvalue weighted by Crippen LogP contribution is -2.48. The number of ether oxygens (including phenoxy) is 2. The standard InChI is InChI=1S/C34H33F4N5O6/c1-32(2,47)16-42-31(46)33(3)17-49-29-22(33)13-24(43-28(29)18-6-8-21(35)9-7-18)23(34(36,37)38)14-41-30(45)20-11-19-5-4-10-40-27(19)25(12-20)48-15-26(39)44/h4-13,23,47H,14-17H2,1-3H3,(H2,39,44)(H,41,45)(H,42,46)/t23-,33+/m1/s1. The summed E-state index contributed by atoms with van der Waals surface area (Å²) >= 11 is 0. The minimum atomic E-state index is -4.93. The molecule has 0 saturated heterocycles. The number of hydrogen-bond acceptors (Lipinski definition) is 8. The molecule has 0 aliphatic carbocycles. The summed E-state index contributed by atoms with van der Waals surface area (Å²) in [6, 6.07) is 11.8. The Morgan fingerprint density at radius 1 is 1.10 bits per heavy atom. The van der Waals surface area contributed by atoms with E-state index in [4.69, 9.17) is 15.2 Å². The van der Waals surface area contributed by atoms with Gasteiger partial charge in [-0.15, -0.1) is 0 Å². The number of pyridine rings is 2. The number of nitrogens with zero attached hydrogens (tertiary/aromatic N) is 2. The summed E-state index contributed by atoms with van der Waals surface area (Å²) in [5.74, 6) is -5.15. The molecule has 2 aromatic heterocycles. The molecule has 0 spiro atoms. The number of primary amides is 1. The number of alkyl halides is 3. The molecule has 0 bridgehead atoms. The fourth-order valence-electron chi connectivity index (χ4n) is 5.30. The zero-order valence-electron chi connectivity index (χ0n) is 26.7. The highest BCUT2D eigenvalue weighted by molar-refractivity contribution is 6.00. The number of amides is 3. The van der Waals surface area contributed by atoms with Crippen LogP contribution in [0.15, 0.2) is 60.8 Å². The second-order valence-electron chi connectivity index (χ2n) is 12.5. The smallest absolute Gasteiger partial charge is 0.398 e. The van der Waals surface area contributed by atoms with Gasteiger partial charge in [-0.1, -0.05) is 6.07 Å². The molecular formula is C34H33F4N5O6. The molecule has 0 fully saturated rings. The zero-order valence-corrected chi connectivity index (χ0v) is 26.7. The topological polar surface area (TPSA) is 166 Å². The van der Waals surface area contributed by atoms with Crippen molar-refractivity contribution in [2.45, 2.75) is 43.9 Å². The van der Waals surface area contributed by atoms with Crippen LogP contribution in [-0.2, 0) is 15.0 Å². The third-order valence-electron chi connectivity index (χ3n) is 7.91. The number of carbonyl (C=O) groups is 3. The van der Waals surface area contributed by atoms with Gasteiger partial charge < -0.3 is 30.9 Å². The first-order valence-electron chi connectivity index (χ1n) is 15.1. The van der Waals surface area contributed by atoms with Crippen molar-refractivity contribution in [3.63, 3.8) is 0 Å². The molecule has 0 unspecified atom stereocenters. The molecule has 258 valence electrons. The first-order chi connectivity index (χ1) is 23.0. The number of halogens is 4. The maximum absolute atomic E-state index is 14.8. The van der Waals surface area contributed by atoms with Crippen LogP contribution in [0.1, 0.15) is 48.3 Å². The number of benzene rings is 2. The molecule has 3 amide bonds. The molecule has 0 saturated carbocycles. The van der Waals surface area contributed by atoms with Crippen molar-refractivity contribution in [1.29, 1.82) is 0 Å². The number of aromatic nitrogens is 2. The van der Waals surface area contributed by atoms with E-state index in [2.05, 4.69) is 20.6 Å². The number of rotatable bonds is 11. The van der Waals surface area contributed by atoms with E-state index in [1.54, 1.807) is 12.1 Å². The number of aliphatic hydroxyl groups is 1. The Labute approximate surface area is 277 Å². The van der Waals surface area contributed by atoms with Gasteiger partial charge in [0.2, 0.25) is 5.91 Å². The van der Waals surface area contributed by atoms with Crippen molar-refractivity contribution in [2.75, 3.05) is 26.3 Å². The minimum Gasteiger partial charge on any atom is -0.489 e. The lowest BCUT2D eigenvalue weighted by molar-refractivity contribution is -0.149. The Morgan fingerprint density at radius 3 is 2.47 bits per heavy atom. The van der Waals surface area contributed by atoms with Gasteiger partial charge in [0.15, 0.2) is 6.61 Å². The third kappa shape index (κ3) is 7.72. The Morgan fingerprint density at radius 2 is 1.82 bits per heavy atom. The summed E-state index contributed by atoms with van der Waals surface area (Å²) in [5.41, 5.74) is 2.42. The van der Waals surface area contributed by atoms with Gasteiger partial charge in [-0.2, -0.15) is 13.2 Å². The van der Waals surface area contributed by atoms with Gasteiger partial charge in [-0.05, 0) is 69.3 Å². The Kier molecular flexibility index (Phi) is 9.50. The Bertz CT molecular complexity index is 1910. The number of hydrogen-bond donors (Lipinski definition) is 4. The van der Waals surface area contributed by atoms with E-state index in [1.807, 2.05) is 0 Å². The highest BCUT2D eigenvalue weighted by Crippen LogP contribution is 2.47. The van der Waals surface area contributed by atoms with Gasteiger partial charge in [0, 0.05) is 41.4 Å². The van der Waals surface area contributed by atoms with Crippen LogP contribution in [0.2, 0.25) is 0 Å². The van der Waals surface area contributed by atoms with E-state index in [1.165, 1.54) is 51.2 Å². The maximum Gasteiger partial charge on any atom is 0.398 e. The highest BCUT2D eigenvalue weighted by Gasteiger charge is 2.48. The van der Waals surface area contributed by atoms with Crippen molar-refractivity contribution in [1.82, 2.24) is 20.6 Å².